The lowest BCUT2D eigenvalue weighted by molar-refractivity contribution is -0.152. The van der Waals surface area contributed by atoms with E-state index in [1.807, 2.05) is 42.2 Å². The summed E-state index contributed by atoms with van der Waals surface area (Å²) in [5.41, 5.74) is 2.14. The van der Waals surface area contributed by atoms with Crippen molar-refractivity contribution in [3.8, 4) is 0 Å². The minimum absolute atomic E-state index is 0.0125. The molecule has 3 aliphatic heterocycles. The summed E-state index contributed by atoms with van der Waals surface area (Å²) < 4.78 is 0. The van der Waals surface area contributed by atoms with Crippen LogP contribution in [0.3, 0.4) is 0 Å². The van der Waals surface area contributed by atoms with Crippen LogP contribution < -0.4 is 4.90 Å². The Kier molecular flexibility index (Phi) is 5.35. The van der Waals surface area contributed by atoms with E-state index in [1.54, 1.807) is 24.3 Å². The Hall–Kier alpha value is -3.06. The average Bonchev–Trinajstić information content (AvgIpc) is 3.04. The zero-order chi connectivity index (χ0) is 24.4. The summed E-state index contributed by atoms with van der Waals surface area (Å²) in [5.74, 6) is -2.74. The van der Waals surface area contributed by atoms with Gasteiger partial charge in [0, 0.05) is 26.1 Å². The van der Waals surface area contributed by atoms with E-state index in [4.69, 9.17) is 0 Å². The van der Waals surface area contributed by atoms with Crippen molar-refractivity contribution in [2.24, 2.45) is 17.8 Å². The first kappa shape index (κ1) is 22.7. The Balaban J connectivity index is 1.61. The van der Waals surface area contributed by atoms with Crippen LogP contribution >= 0.6 is 0 Å². The van der Waals surface area contributed by atoms with Crippen molar-refractivity contribution in [2.75, 3.05) is 4.90 Å². The van der Waals surface area contributed by atoms with E-state index in [0.29, 0.717) is 17.3 Å². The molecule has 0 N–H and O–H groups in total. The Morgan fingerprint density at radius 1 is 0.882 bits per heavy atom. The summed E-state index contributed by atoms with van der Waals surface area (Å²) in [4.78, 5) is 57.5. The molecule has 3 saturated heterocycles. The molecule has 6 nitrogen and oxygen atoms in total. The quantitative estimate of drug-likeness (QED) is 0.497. The van der Waals surface area contributed by atoms with Crippen LogP contribution in [0.5, 0.6) is 0 Å². The van der Waals surface area contributed by atoms with Gasteiger partial charge in [-0.3, -0.25) is 19.2 Å². The van der Waals surface area contributed by atoms with E-state index in [9.17, 15) is 19.2 Å². The number of carbonyl (C=O) groups is 4. The molecule has 1 saturated carbocycles. The highest BCUT2D eigenvalue weighted by Gasteiger charge is 2.67. The molecule has 2 aromatic carbocycles. The van der Waals surface area contributed by atoms with Gasteiger partial charge in [-0.05, 0) is 37.2 Å². The van der Waals surface area contributed by atoms with Crippen LogP contribution in [0.4, 0.5) is 5.69 Å². The minimum atomic E-state index is -1.73. The molecular formula is C27H30N2O4Si. The van der Waals surface area contributed by atoms with Gasteiger partial charge < -0.3 is 4.90 Å². The number of anilines is 1. The largest absolute Gasteiger partial charge is 0.331 e. The monoisotopic (exact) mass is 474 g/mol. The number of fused-ring (bicyclic) bond motifs is 2. The SMILES string of the molecule is Cc1ccc(C(=O)N2C(C[Si](C)(C)C)[C@H]3C(=O)C[C@@H]2[C@@H]2C(=O)N(c4ccccc4)C(=O)[C@@H]23)cc1. The lowest BCUT2D eigenvalue weighted by Gasteiger charge is -2.55. The topological polar surface area (TPSA) is 74.8 Å². The molecule has 34 heavy (non-hydrogen) atoms. The number of hydrogen-bond acceptors (Lipinski definition) is 4. The van der Waals surface area contributed by atoms with E-state index in [2.05, 4.69) is 19.6 Å². The molecule has 0 radical (unpaired) electrons. The molecule has 0 aromatic heterocycles. The summed E-state index contributed by atoms with van der Waals surface area (Å²) in [6.45, 7) is 8.60. The van der Waals surface area contributed by atoms with E-state index in [0.717, 1.165) is 5.56 Å². The molecule has 0 spiro atoms. The zero-order valence-electron chi connectivity index (χ0n) is 20.0. The zero-order valence-corrected chi connectivity index (χ0v) is 21.0. The van der Waals surface area contributed by atoms with E-state index in [1.165, 1.54) is 4.90 Å². The maximum absolute atomic E-state index is 13.9. The number of para-hydroxylation sites is 1. The lowest BCUT2D eigenvalue weighted by atomic mass is 9.62. The van der Waals surface area contributed by atoms with Crippen molar-refractivity contribution in [3.63, 3.8) is 0 Å². The van der Waals surface area contributed by atoms with Crippen molar-refractivity contribution in [3.05, 3.63) is 65.7 Å². The molecular weight excluding hydrogens is 444 g/mol. The number of imide groups is 1. The van der Waals surface area contributed by atoms with E-state index < -0.39 is 31.9 Å². The van der Waals surface area contributed by atoms with Crippen molar-refractivity contribution < 1.29 is 19.2 Å². The van der Waals surface area contributed by atoms with Crippen LogP contribution in [0.1, 0.15) is 22.3 Å². The second-order valence-corrected chi connectivity index (χ2v) is 16.6. The molecule has 3 amide bonds. The molecule has 7 heteroatoms. The number of carbonyl (C=O) groups excluding carboxylic acids is 4. The summed E-state index contributed by atoms with van der Waals surface area (Å²) in [5, 5.41) is 0. The van der Waals surface area contributed by atoms with Crippen molar-refractivity contribution in [1.29, 1.82) is 0 Å². The second-order valence-electron chi connectivity index (χ2n) is 11.1. The first-order valence-electron chi connectivity index (χ1n) is 11.9. The van der Waals surface area contributed by atoms with Crippen LogP contribution in [0.25, 0.3) is 0 Å². The second kappa shape index (κ2) is 8.01. The average molecular weight is 475 g/mol. The molecule has 1 aliphatic carbocycles. The van der Waals surface area contributed by atoms with Crippen LogP contribution in [-0.2, 0) is 14.4 Å². The number of aryl methyl sites for hydroxylation is 1. The van der Waals surface area contributed by atoms with Crippen LogP contribution in [0, 0.1) is 24.7 Å². The third-order valence-corrected chi connectivity index (χ3v) is 9.12. The first-order valence-corrected chi connectivity index (χ1v) is 15.6. The molecule has 3 heterocycles. The number of benzene rings is 2. The predicted molar refractivity (Wildman–Crippen MR) is 132 cm³/mol. The fourth-order valence-corrected chi connectivity index (χ4v) is 7.84. The Morgan fingerprint density at radius 2 is 1.50 bits per heavy atom. The van der Waals surface area contributed by atoms with Crippen LogP contribution in [-0.4, -0.2) is 48.6 Å². The molecule has 176 valence electrons. The van der Waals surface area contributed by atoms with Crippen molar-refractivity contribution in [1.82, 2.24) is 4.90 Å². The first-order chi connectivity index (χ1) is 16.1. The standard InChI is InChI=1S/C27H30N2O4Si/c1-16-10-12-17(13-11-16)25(31)29-19-14-21(30)22(20(29)15-34(2,3)4)24-23(19)26(32)28(27(24)33)18-8-6-5-7-9-18/h5-13,19-20,22-24H,14-15H2,1-4H3/t19-,20?,22+,23+,24-/m1/s1. The third-order valence-electron chi connectivity index (χ3n) is 7.48. The van der Waals surface area contributed by atoms with Gasteiger partial charge in [0.15, 0.2) is 0 Å². The molecule has 1 unspecified atom stereocenters. The highest BCUT2D eigenvalue weighted by molar-refractivity contribution is 6.76. The maximum Gasteiger partial charge on any atom is 0.254 e. The number of hydrogen-bond donors (Lipinski definition) is 0. The summed E-state index contributed by atoms with van der Waals surface area (Å²) in [6.07, 6.45) is 0.132. The van der Waals surface area contributed by atoms with Gasteiger partial charge in [0.25, 0.3) is 5.91 Å². The number of ketones is 1. The Labute approximate surface area is 200 Å². The fourth-order valence-electron chi connectivity index (χ4n) is 6.14. The summed E-state index contributed by atoms with van der Waals surface area (Å²) in [6, 6.07) is 16.1. The van der Waals surface area contributed by atoms with Crippen molar-refractivity contribution in [2.45, 2.75) is 51.1 Å². The van der Waals surface area contributed by atoms with Crippen molar-refractivity contribution >= 4 is 37.3 Å². The van der Waals surface area contributed by atoms with Gasteiger partial charge >= 0.3 is 0 Å². The highest BCUT2D eigenvalue weighted by Crippen LogP contribution is 2.52. The Bertz CT molecular complexity index is 1170. The number of piperidine rings is 2. The van der Waals surface area contributed by atoms with Gasteiger partial charge in [0.2, 0.25) is 11.8 Å². The number of amides is 3. The molecule has 4 aliphatic rings. The van der Waals surface area contributed by atoms with Gasteiger partial charge in [-0.2, -0.15) is 0 Å². The summed E-state index contributed by atoms with van der Waals surface area (Å²) >= 11 is 0. The molecule has 2 aromatic rings. The molecule has 2 bridgehead atoms. The number of rotatable bonds is 4. The van der Waals surface area contributed by atoms with Gasteiger partial charge in [-0.15, -0.1) is 0 Å². The van der Waals surface area contributed by atoms with Gasteiger partial charge in [-0.25, -0.2) is 4.90 Å². The van der Waals surface area contributed by atoms with Gasteiger partial charge in [0.1, 0.15) is 5.78 Å². The Morgan fingerprint density at radius 3 is 2.12 bits per heavy atom. The van der Waals surface area contributed by atoms with Crippen LogP contribution in [0.2, 0.25) is 25.7 Å². The smallest absolute Gasteiger partial charge is 0.254 e. The highest BCUT2D eigenvalue weighted by atomic mass is 28.3. The predicted octanol–water partition coefficient (Wildman–Crippen LogP) is 3.92. The normalized spacial score (nSPS) is 28.5. The molecule has 4 fully saturated rings. The van der Waals surface area contributed by atoms with E-state index >= 15 is 0 Å². The number of Topliss-reactive ketones (excluding diaryl/α,β-unsaturated/α-hetero) is 1. The van der Waals surface area contributed by atoms with Gasteiger partial charge in [0.05, 0.1) is 29.5 Å². The molecule has 5 atom stereocenters. The number of nitrogens with zero attached hydrogens (tertiary/aromatic N) is 2. The molecule has 6 rings (SSSR count). The fraction of sp³-hybridized carbons (Fsp3) is 0.407. The van der Waals surface area contributed by atoms with Crippen LogP contribution in [0.15, 0.2) is 54.6 Å². The van der Waals surface area contributed by atoms with Gasteiger partial charge in [-0.1, -0.05) is 55.5 Å². The van der Waals surface area contributed by atoms with E-state index in [-0.39, 0.29) is 36.0 Å². The minimum Gasteiger partial charge on any atom is -0.331 e. The third kappa shape index (κ3) is 3.53. The lowest BCUT2D eigenvalue weighted by Crippen LogP contribution is -2.69. The maximum atomic E-state index is 13.9. The summed E-state index contributed by atoms with van der Waals surface area (Å²) in [7, 11) is -1.73.